The van der Waals surface area contributed by atoms with E-state index < -0.39 is 29.9 Å². The number of urea groups is 1. The zero-order valence-electron chi connectivity index (χ0n) is 12.8. The summed E-state index contributed by atoms with van der Waals surface area (Å²) in [7, 11) is 1.57. The first-order chi connectivity index (χ1) is 10.1. The van der Waals surface area contributed by atoms with E-state index in [-0.39, 0.29) is 0 Å². The van der Waals surface area contributed by atoms with Crippen LogP contribution in [0.1, 0.15) is 37.4 Å². The molecular weight excluding hydrogens is 297 g/mol. The normalized spacial score (nSPS) is 14.3. The van der Waals surface area contributed by atoms with Gasteiger partial charge in [-0.3, -0.25) is 0 Å². The van der Waals surface area contributed by atoms with E-state index in [2.05, 4.69) is 5.32 Å². The SMILES string of the molecule is CC(O)CCN(C)C(=O)NC(C)c1cccc(C(F)(F)F)c1. The van der Waals surface area contributed by atoms with E-state index in [1.54, 1.807) is 20.9 Å². The van der Waals surface area contributed by atoms with Gasteiger partial charge in [0.05, 0.1) is 17.7 Å². The quantitative estimate of drug-likeness (QED) is 0.876. The summed E-state index contributed by atoms with van der Waals surface area (Å²) in [6.07, 6.45) is -4.49. The molecule has 0 fully saturated rings. The van der Waals surface area contributed by atoms with Gasteiger partial charge in [-0.05, 0) is 38.0 Å². The first kappa shape index (κ1) is 18.3. The number of alkyl halides is 3. The van der Waals surface area contributed by atoms with Crippen LogP contribution in [-0.4, -0.2) is 35.7 Å². The number of nitrogens with one attached hydrogen (secondary N) is 1. The van der Waals surface area contributed by atoms with Gasteiger partial charge in [0.2, 0.25) is 0 Å². The van der Waals surface area contributed by atoms with Gasteiger partial charge in [-0.2, -0.15) is 13.2 Å². The number of amides is 2. The predicted molar refractivity (Wildman–Crippen MR) is 77.3 cm³/mol. The van der Waals surface area contributed by atoms with Gasteiger partial charge in [-0.25, -0.2) is 4.79 Å². The number of halogens is 3. The second kappa shape index (κ2) is 7.49. The summed E-state index contributed by atoms with van der Waals surface area (Å²) in [6.45, 7) is 3.60. The van der Waals surface area contributed by atoms with Gasteiger partial charge in [-0.15, -0.1) is 0 Å². The van der Waals surface area contributed by atoms with Crippen LogP contribution in [0.4, 0.5) is 18.0 Å². The number of benzene rings is 1. The fraction of sp³-hybridized carbons (Fsp3) is 0.533. The second-order valence-corrected chi connectivity index (χ2v) is 5.35. The van der Waals surface area contributed by atoms with Crippen molar-refractivity contribution in [1.29, 1.82) is 0 Å². The van der Waals surface area contributed by atoms with Crippen molar-refractivity contribution in [3.63, 3.8) is 0 Å². The molecule has 0 saturated carbocycles. The second-order valence-electron chi connectivity index (χ2n) is 5.35. The number of aliphatic hydroxyl groups excluding tert-OH is 1. The number of aliphatic hydroxyl groups is 1. The molecule has 2 unspecified atom stereocenters. The molecule has 0 saturated heterocycles. The Morgan fingerprint density at radius 2 is 2.00 bits per heavy atom. The zero-order chi connectivity index (χ0) is 16.9. The zero-order valence-corrected chi connectivity index (χ0v) is 12.8. The fourth-order valence-corrected chi connectivity index (χ4v) is 1.85. The summed E-state index contributed by atoms with van der Waals surface area (Å²) in [5.41, 5.74) is -0.360. The summed E-state index contributed by atoms with van der Waals surface area (Å²) >= 11 is 0. The van der Waals surface area contributed by atoms with Crippen LogP contribution in [-0.2, 0) is 6.18 Å². The molecule has 1 aromatic carbocycles. The van der Waals surface area contributed by atoms with Crippen LogP contribution < -0.4 is 5.32 Å². The van der Waals surface area contributed by atoms with Gasteiger partial charge in [-0.1, -0.05) is 12.1 Å². The molecule has 2 amide bonds. The minimum Gasteiger partial charge on any atom is -0.393 e. The van der Waals surface area contributed by atoms with Crippen molar-refractivity contribution in [1.82, 2.24) is 10.2 Å². The molecule has 7 heteroatoms. The van der Waals surface area contributed by atoms with E-state index in [4.69, 9.17) is 0 Å². The van der Waals surface area contributed by atoms with Gasteiger partial charge in [0, 0.05) is 13.6 Å². The maximum absolute atomic E-state index is 12.7. The molecule has 0 spiro atoms. The van der Waals surface area contributed by atoms with Crippen molar-refractivity contribution >= 4 is 6.03 Å². The summed E-state index contributed by atoms with van der Waals surface area (Å²) < 4.78 is 38.0. The predicted octanol–water partition coefficient (Wildman–Crippen LogP) is 3.18. The number of carbonyl (C=O) groups is 1. The monoisotopic (exact) mass is 318 g/mol. The highest BCUT2D eigenvalue weighted by Crippen LogP contribution is 2.30. The number of hydrogen-bond acceptors (Lipinski definition) is 2. The van der Waals surface area contributed by atoms with Crippen molar-refractivity contribution < 1.29 is 23.1 Å². The molecule has 0 radical (unpaired) electrons. The van der Waals surface area contributed by atoms with Crippen molar-refractivity contribution in [2.75, 3.05) is 13.6 Å². The molecule has 2 N–H and O–H groups in total. The summed E-state index contributed by atoms with van der Waals surface area (Å²) in [4.78, 5) is 13.3. The fourth-order valence-electron chi connectivity index (χ4n) is 1.85. The van der Waals surface area contributed by atoms with Crippen LogP contribution in [0.5, 0.6) is 0 Å². The van der Waals surface area contributed by atoms with Gasteiger partial charge < -0.3 is 15.3 Å². The van der Waals surface area contributed by atoms with Crippen LogP contribution in [0.15, 0.2) is 24.3 Å². The first-order valence-corrected chi connectivity index (χ1v) is 6.98. The van der Waals surface area contributed by atoms with Crippen LogP contribution >= 0.6 is 0 Å². The number of hydrogen-bond donors (Lipinski definition) is 2. The van der Waals surface area contributed by atoms with Crippen LogP contribution in [0.3, 0.4) is 0 Å². The van der Waals surface area contributed by atoms with Crippen LogP contribution in [0, 0.1) is 0 Å². The Labute approximate surface area is 127 Å². The molecular formula is C15H21F3N2O2. The van der Waals surface area contributed by atoms with E-state index in [9.17, 15) is 23.1 Å². The highest BCUT2D eigenvalue weighted by atomic mass is 19.4. The standard InChI is InChI=1S/C15H21F3N2O2/c1-10(21)7-8-20(3)14(22)19-11(2)12-5-4-6-13(9-12)15(16,17)18/h4-6,9-11,21H,7-8H2,1-3H3,(H,19,22). The first-order valence-electron chi connectivity index (χ1n) is 6.98. The molecule has 1 rings (SSSR count). The molecule has 0 aliphatic rings. The Bertz CT molecular complexity index is 504. The van der Waals surface area contributed by atoms with Crippen molar-refractivity contribution in [3.8, 4) is 0 Å². The Morgan fingerprint density at radius 3 is 2.55 bits per heavy atom. The van der Waals surface area contributed by atoms with Crippen molar-refractivity contribution in [3.05, 3.63) is 35.4 Å². The third-order valence-corrected chi connectivity index (χ3v) is 3.28. The Balaban J connectivity index is 2.68. The minimum atomic E-state index is -4.41. The molecule has 22 heavy (non-hydrogen) atoms. The molecule has 0 heterocycles. The Morgan fingerprint density at radius 1 is 1.36 bits per heavy atom. The summed E-state index contributed by atoms with van der Waals surface area (Å²) in [5.74, 6) is 0. The molecule has 1 aromatic rings. The van der Waals surface area contributed by atoms with Gasteiger partial charge in [0.25, 0.3) is 0 Å². The Hall–Kier alpha value is -1.76. The number of rotatable bonds is 5. The molecule has 2 atom stereocenters. The number of nitrogens with zero attached hydrogens (tertiary/aromatic N) is 1. The molecule has 0 aliphatic carbocycles. The van der Waals surface area contributed by atoms with Crippen molar-refractivity contribution in [2.45, 2.75) is 38.6 Å². The summed E-state index contributed by atoms with van der Waals surface area (Å²) in [6, 6.07) is 3.93. The average Bonchev–Trinajstić information content (AvgIpc) is 2.43. The van der Waals surface area contributed by atoms with Crippen molar-refractivity contribution in [2.24, 2.45) is 0 Å². The lowest BCUT2D eigenvalue weighted by Crippen LogP contribution is -2.39. The van der Waals surface area contributed by atoms with E-state index in [1.807, 2.05) is 0 Å². The lowest BCUT2D eigenvalue weighted by atomic mass is 10.1. The number of carbonyl (C=O) groups excluding carboxylic acids is 1. The van der Waals surface area contributed by atoms with E-state index >= 15 is 0 Å². The van der Waals surface area contributed by atoms with Gasteiger partial charge >= 0.3 is 12.2 Å². The molecule has 0 aromatic heterocycles. The molecule has 0 bridgehead atoms. The highest BCUT2D eigenvalue weighted by molar-refractivity contribution is 5.74. The van der Waals surface area contributed by atoms with Gasteiger partial charge in [0.15, 0.2) is 0 Å². The maximum Gasteiger partial charge on any atom is 0.416 e. The summed E-state index contributed by atoms with van der Waals surface area (Å²) in [5, 5.41) is 11.8. The third-order valence-electron chi connectivity index (χ3n) is 3.28. The van der Waals surface area contributed by atoms with E-state index in [1.165, 1.54) is 17.0 Å². The lowest BCUT2D eigenvalue weighted by Gasteiger charge is -2.22. The van der Waals surface area contributed by atoms with E-state index in [0.717, 1.165) is 12.1 Å². The topological polar surface area (TPSA) is 52.6 Å². The Kier molecular flexibility index (Phi) is 6.22. The lowest BCUT2D eigenvalue weighted by molar-refractivity contribution is -0.137. The van der Waals surface area contributed by atoms with Crippen LogP contribution in [0.25, 0.3) is 0 Å². The third kappa shape index (κ3) is 5.55. The van der Waals surface area contributed by atoms with E-state index in [0.29, 0.717) is 18.5 Å². The maximum atomic E-state index is 12.7. The van der Waals surface area contributed by atoms with Gasteiger partial charge in [0.1, 0.15) is 0 Å². The molecule has 0 aliphatic heterocycles. The highest BCUT2D eigenvalue weighted by Gasteiger charge is 2.30. The largest absolute Gasteiger partial charge is 0.416 e. The van der Waals surface area contributed by atoms with Crippen LogP contribution in [0.2, 0.25) is 0 Å². The average molecular weight is 318 g/mol. The molecule has 4 nitrogen and oxygen atoms in total. The minimum absolute atomic E-state index is 0.360. The molecule has 124 valence electrons. The smallest absolute Gasteiger partial charge is 0.393 e.